The van der Waals surface area contributed by atoms with Crippen LogP contribution in [0.4, 0.5) is 5.69 Å². The van der Waals surface area contributed by atoms with Crippen LogP contribution >= 0.6 is 0 Å². The third-order valence-electron chi connectivity index (χ3n) is 2.21. The van der Waals surface area contributed by atoms with Gasteiger partial charge >= 0.3 is 5.97 Å². The van der Waals surface area contributed by atoms with Crippen LogP contribution in [-0.4, -0.2) is 18.0 Å². The predicted octanol–water partition coefficient (Wildman–Crippen LogP) is 2.12. The van der Waals surface area contributed by atoms with Gasteiger partial charge < -0.3 is 9.58 Å². The second-order valence-corrected chi connectivity index (χ2v) is 3.28. The van der Waals surface area contributed by atoms with E-state index in [-0.39, 0.29) is 12.1 Å². The molecule has 0 heterocycles. The molecule has 17 heavy (non-hydrogen) atoms. The number of hydrogen-bond acceptors (Lipinski definition) is 4. The average molecular weight is 234 g/mol. The number of benzene rings is 1. The van der Waals surface area contributed by atoms with Crippen molar-refractivity contribution in [3.63, 3.8) is 0 Å². The third-order valence-corrected chi connectivity index (χ3v) is 2.21. The van der Waals surface area contributed by atoms with Gasteiger partial charge in [-0.15, -0.1) is 0 Å². The van der Waals surface area contributed by atoms with Gasteiger partial charge in [-0.2, -0.15) is 0 Å². The van der Waals surface area contributed by atoms with Crippen molar-refractivity contribution < 1.29 is 14.5 Å². The summed E-state index contributed by atoms with van der Waals surface area (Å²) in [5, 5.41) is 10.6. The number of carbonyl (C=O) groups is 1. The highest BCUT2D eigenvalue weighted by atomic mass is 16.6. The maximum Gasteiger partial charge on any atom is 0.313 e. The molecule has 1 aromatic carbocycles. The molecule has 0 saturated heterocycles. The summed E-state index contributed by atoms with van der Waals surface area (Å²) in [7, 11) is 1.23. The van der Waals surface area contributed by atoms with E-state index >= 15 is 0 Å². The molecule has 1 atom stereocenters. The molecule has 1 aromatic rings. The lowest BCUT2D eigenvalue weighted by atomic mass is 10.0. The van der Waals surface area contributed by atoms with E-state index in [9.17, 15) is 14.9 Å². The fraction of sp³-hybridized carbons (Fsp3) is 0.273. The maximum absolute atomic E-state index is 11.1. The summed E-state index contributed by atoms with van der Waals surface area (Å²) in [4.78, 5) is 24.4. The van der Waals surface area contributed by atoms with E-state index in [2.05, 4.69) is 9.58 Å². The summed E-state index contributed by atoms with van der Waals surface area (Å²) in [6, 6.07) is 4.96. The lowest BCUT2D eigenvalue weighted by molar-refractivity contribution is -0.384. The lowest BCUT2D eigenvalue weighted by Gasteiger charge is -2.04. The number of methoxy groups -OCH3 is 1. The highest BCUT2D eigenvalue weighted by Gasteiger charge is 2.22. The third kappa shape index (κ3) is 3.28. The van der Waals surface area contributed by atoms with Crippen LogP contribution in [0.2, 0.25) is 0 Å². The Morgan fingerprint density at radius 2 is 2.35 bits per heavy atom. The van der Waals surface area contributed by atoms with Crippen molar-refractivity contribution >= 4 is 11.7 Å². The Labute approximate surface area is 97.8 Å². The molecular formula is C11H10N2O4. The average Bonchev–Trinajstić information content (AvgIpc) is 2.35. The number of nitro groups is 1. The quantitative estimate of drug-likeness (QED) is 0.346. The van der Waals surface area contributed by atoms with E-state index in [1.165, 1.54) is 25.3 Å². The zero-order chi connectivity index (χ0) is 12.8. The summed E-state index contributed by atoms with van der Waals surface area (Å²) in [6.07, 6.45) is -0.110. The van der Waals surface area contributed by atoms with Gasteiger partial charge in [-0.25, -0.2) is 6.57 Å². The Bertz CT molecular complexity index is 479. The van der Waals surface area contributed by atoms with Crippen LogP contribution < -0.4 is 0 Å². The number of non-ortho nitro benzene ring substituents is 1. The highest BCUT2D eigenvalue weighted by molar-refractivity contribution is 5.70. The second-order valence-electron chi connectivity index (χ2n) is 3.28. The standard InChI is InChI=1S/C11H10N2O4/c1-12-10(7-11(14)17-2)8-4-3-5-9(6-8)13(15)16/h3-6,10H,7H2,2H3. The molecule has 0 saturated carbocycles. The molecule has 88 valence electrons. The number of carbonyl (C=O) groups excluding carboxylic acids is 1. The summed E-state index contributed by atoms with van der Waals surface area (Å²) >= 11 is 0. The number of hydrogen-bond donors (Lipinski definition) is 0. The number of rotatable bonds is 4. The SMILES string of the molecule is [C-]#[N+]C(CC(=O)OC)c1cccc([N+](=O)[O-])c1. The van der Waals surface area contributed by atoms with E-state index in [1.54, 1.807) is 6.07 Å². The fourth-order valence-corrected chi connectivity index (χ4v) is 1.32. The van der Waals surface area contributed by atoms with Crippen molar-refractivity contribution in [1.29, 1.82) is 0 Å². The zero-order valence-electron chi connectivity index (χ0n) is 9.12. The topological polar surface area (TPSA) is 73.8 Å². The van der Waals surface area contributed by atoms with Crippen LogP contribution in [0.3, 0.4) is 0 Å². The molecule has 0 amide bonds. The van der Waals surface area contributed by atoms with Crippen LogP contribution in [0.25, 0.3) is 4.85 Å². The molecule has 0 N–H and O–H groups in total. The Balaban J connectivity index is 2.97. The molecule has 0 spiro atoms. The number of ether oxygens (including phenoxy) is 1. The van der Waals surface area contributed by atoms with Gasteiger partial charge in [0.05, 0.1) is 12.0 Å². The van der Waals surface area contributed by atoms with Gasteiger partial charge in [0.15, 0.2) is 0 Å². The van der Waals surface area contributed by atoms with Crippen molar-refractivity contribution in [2.45, 2.75) is 12.5 Å². The minimum absolute atomic E-state index is 0.0963. The van der Waals surface area contributed by atoms with Crippen molar-refractivity contribution in [3.05, 3.63) is 51.4 Å². The summed E-state index contributed by atoms with van der Waals surface area (Å²) in [5.74, 6) is -0.516. The molecule has 0 aromatic heterocycles. The molecule has 6 nitrogen and oxygen atoms in total. The van der Waals surface area contributed by atoms with Crippen molar-refractivity contribution in [2.24, 2.45) is 0 Å². The number of nitro benzene ring substituents is 1. The molecule has 6 heteroatoms. The van der Waals surface area contributed by atoms with Gasteiger partial charge in [-0.3, -0.25) is 14.9 Å². The van der Waals surface area contributed by atoms with Gasteiger partial charge in [-0.1, -0.05) is 12.1 Å². The first kappa shape index (κ1) is 12.6. The number of nitrogens with zero attached hydrogens (tertiary/aromatic N) is 2. The van der Waals surface area contributed by atoms with Crippen LogP contribution in [0.1, 0.15) is 18.0 Å². The summed E-state index contributed by atoms with van der Waals surface area (Å²) in [5.41, 5.74) is 0.348. The van der Waals surface area contributed by atoms with E-state index in [1.807, 2.05) is 0 Å². The maximum atomic E-state index is 11.1. The first-order valence-electron chi connectivity index (χ1n) is 4.76. The second kappa shape index (κ2) is 5.61. The van der Waals surface area contributed by atoms with Crippen molar-refractivity contribution in [1.82, 2.24) is 0 Å². The van der Waals surface area contributed by atoms with Crippen LogP contribution in [-0.2, 0) is 9.53 Å². The molecule has 0 aliphatic carbocycles. The van der Waals surface area contributed by atoms with Gasteiger partial charge in [0, 0.05) is 17.7 Å². The smallest absolute Gasteiger partial charge is 0.313 e. The summed E-state index contributed by atoms with van der Waals surface area (Å²) in [6.45, 7) is 6.99. The molecule has 0 fully saturated rings. The van der Waals surface area contributed by atoms with Gasteiger partial charge in [0.1, 0.15) is 6.42 Å². The molecule has 0 aliphatic heterocycles. The van der Waals surface area contributed by atoms with E-state index in [4.69, 9.17) is 6.57 Å². The Morgan fingerprint density at radius 3 is 2.88 bits per heavy atom. The number of esters is 1. The van der Waals surface area contributed by atoms with Crippen LogP contribution in [0.15, 0.2) is 24.3 Å². The van der Waals surface area contributed by atoms with Gasteiger partial charge in [-0.05, 0) is 0 Å². The Morgan fingerprint density at radius 1 is 1.65 bits per heavy atom. The lowest BCUT2D eigenvalue weighted by Crippen LogP contribution is -2.06. The fourth-order valence-electron chi connectivity index (χ4n) is 1.32. The molecule has 0 aliphatic rings. The van der Waals surface area contributed by atoms with Crippen LogP contribution in [0, 0.1) is 16.7 Å². The summed E-state index contributed by atoms with van der Waals surface area (Å²) < 4.78 is 4.47. The van der Waals surface area contributed by atoms with E-state index in [0.29, 0.717) is 5.56 Å². The first-order valence-corrected chi connectivity index (χ1v) is 4.76. The molecule has 0 radical (unpaired) electrons. The normalized spacial score (nSPS) is 11.3. The van der Waals surface area contributed by atoms with Crippen LogP contribution in [0.5, 0.6) is 0 Å². The minimum Gasteiger partial charge on any atom is -0.469 e. The zero-order valence-corrected chi connectivity index (χ0v) is 9.12. The highest BCUT2D eigenvalue weighted by Crippen LogP contribution is 2.25. The van der Waals surface area contributed by atoms with E-state index in [0.717, 1.165) is 0 Å². The monoisotopic (exact) mass is 234 g/mol. The Kier molecular flexibility index (Phi) is 4.17. The molecule has 1 rings (SSSR count). The minimum atomic E-state index is -0.748. The largest absolute Gasteiger partial charge is 0.469 e. The van der Waals surface area contributed by atoms with Gasteiger partial charge in [0.2, 0.25) is 0 Å². The Hall–Kier alpha value is -2.42. The van der Waals surface area contributed by atoms with Gasteiger partial charge in [0.25, 0.3) is 11.7 Å². The van der Waals surface area contributed by atoms with Crippen molar-refractivity contribution in [3.8, 4) is 0 Å². The first-order chi connectivity index (χ1) is 8.08. The molecule has 0 bridgehead atoms. The molecule has 1 unspecified atom stereocenters. The predicted molar refractivity (Wildman–Crippen MR) is 59.1 cm³/mol. The van der Waals surface area contributed by atoms with E-state index < -0.39 is 16.9 Å². The molecular weight excluding hydrogens is 224 g/mol. The van der Waals surface area contributed by atoms with Crippen molar-refractivity contribution in [2.75, 3.05) is 7.11 Å².